The lowest BCUT2D eigenvalue weighted by atomic mass is 10.0. The molecular formula is C16H23FO2. The number of ether oxygens (including phenoxy) is 1. The highest BCUT2D eigenvalue weighted by Crippen LogP contribution is 2.14. The smallest absolute Gasteiger partial charge is 0.306 e. The zero-order valence-corrected chi connectivity index (χ0v) is 12.0. The first-order valence-electron chi connectivity index (χ1n) is 6.76. The highest BCUT2D eigenvalue weighted by molar-refractivity contribution is 5.69. The number of esters is 1. The molecule has 1 rings (SSSR count). The van der Waals surface area contributed by atoms with Crippen LogP contribution in [0.5, 0.6) is 0 Å². The molecule has 0 aliphatic rings. The summed E-state index contributed by atoms with van der Waals surface area (Å²) in [5, 5.41) is 0. The molecule has 0 saturated heterocycles. The van der Waals surface area contributed by atoms with E-state index >= 15 is 0 Å². The first-order valence-corrected chi connectivity index (χ1v) is 6.76. The molecule has 0 fully saturated rings. The van der Waals surface area contributed by atoms with Crippen LogP contribution in [-0.4, -0.2) is 17.7 Å². The van der Waals surface area contributed by atoms with Gasteiger partial charge in [0.15, 0.2) is 0 Å². The lowest BCUT2D eigenvalue weighted by Gasteiger charge is -2.19. The monoisotopic (exact) mass is 266 g/mol. The van der Waals surface area contributed by atoms with Crippen molar-refractivity contribution in [1.82, 2.24) is 0 Å². The van der Waals surface area contributed by atoms with E-state index < -0.39 is 11.8 Å². The van der Waals surface area contributed by atoms with E-state index in [4.69, 9.17) is 4.74 Å². The van der Waals surface area contributed by atoms with Crippen molar-refractivity contribution in [2.24, 2.45) is 0 Å². The third-order valence-corrected chi connectivity index (χ3v) is 2.67. The Kier molecular flexibility index (Phi) is 6.00. The fraction of sp³-hybridized carbons (Fsp3) is 0.562. The first kappa shape index (κ1) is 15.7. The second kappa shape index (κ2) is 7.27. The van der Waals surface area contributed by atoms with Crippen LogP contribution in [0.2, 0.25) is 0 Å². The van der Waals surface area contributed by atoms with Crippen LogP contribution >= 0.6 is 0 Å². The number of halogens is 1. The molecule has 0 saturated carbocycles. The number of hydrogen-bond acceptors (Lipinski definition) is 2. The lowest BCUT2D eigenvalue weighted by molar-refractivity contribution is -0.155. The predicted octanol–water partition coefficient (Wildman–Crippen LogP) is 4.08. The molecule has 0 amide bonds. The van der Waals surface area contributed by atoms with E-state index in [-0.39, 0.29) is 18.8 Å². The van der Waals surface area contributed by atoms with Crippen molar-refractivity contribution in [2.45, 2.75) is 58.2 Å². The predicted molar refractivity (Wildman–Crippen MR) is 74.7 cm³/mol. The van der Waals surface area contributed by atoms with Crippen LogP contribution in [0, 0.1) is 0 Å². The molecule has 0 radical (unpaired) electrons. The van der Waals surface area contributed by atoms with Crippen molar-refractivity contribution in [1.29, 1.82) is 0 Å². The summed E-state index contributed by atoms with van der Waals surface area (Å²) >= 11 is 0. The normalized spacial score (nSPS) is 13.1. The number of alkyl halides is 1. The minimum Gasteiger partial charge on any atom is -0.460 e. The molecule has 0 bridgehead atoms. The summed E-state index contributed by atoms with van der Waals surface area (Å²) in [5.74, 6) is -0.324. The molecule has 2 nitrogen and oxygen atoms in total. The maximum atomic E-state index is 13.7. The van der Waals surface area contributed by atoms with Gasteiger partial charge in [-0.3, -0.25) is 4.79 Å². The maximum absolute atomic E-state index is 13.7. The van der Waals surface area contributed by atoms with Gasteiger partial charge in [-0.05, 0) is 45.6 Å². The Bertz CT molecular complexity index is 381. The van der Waals surface area contributed by atoms with E-state index in [0.29, 0.717) is 12.8 Å². The summed E-state index contributed by atoms with van der Waals surface area (Å²) in [5.41, 5.74) is 0.634. The Hall–Kier alpha value is -1.38. The molecule has 1 aromatic rings. The Morgan fingerprint density at radius 2 is 1.84 bits per heavy atom. The zero-order chi connectivity index (χ0) is 14.3. The lowest BCUT2D eigenvalue weighted by Crippen LogP contribution is -2.24. The molecular weight excluding hydrogens is 243 g/mol. The number of carbonyl (C=O) groups is 1. The van der Waals surface area contributed by atoms with Gasteiger partial charge >= 0.3 is 5.97 Å². The number of aryl methyl sites for hydroxylation is 1. The highest BCUT2D eigenvalue weighted by Gasteiger charge is 2.17. The van der Waals surface area contributed by atoms with E-state index in [2.05, 4.69) is 0 Å². The van der Waals surface area contributed by atoms with Crippen LogP contribution in [-0.2, 0) is 16.0 Å². The zero-order valence-electron chi connectivity index (χ0n) is 12.0. The Labute approximate surface area is 115 Å². The molecule has 106 valence electrons. The topological polar surface area (TPSA) is 26.3 Å². The van der Waals surface area contributed by atoms with Crippen LogP contribution in [0.15, 0.2) is 30.3 Å². The van der Waals surface area contributed by atoms with Crippen molar-refractivity contribution >= 4 is 5.97 Å². The minimum atomic E-state index is -0.951. The molecule has 19 heavy (non-hydrogen) atoms. The maximum Gasteiger partial charge on any atom is 0.306 e. The fourth-order valence-corrected chi connectivity index (χ4v) is 1.78. The van der Waals surface area contributed by atoms with Crippen LogP contribution in [0.25, 0.3) is 0 Å². The number of rotatable bonds is 6. The molecule has 1 aromatic carbocycles. The van der Waals surface area contributed by atoms with E-state index in [1.54, 1.807) is 0 Å². The Balaban J connectivity index is 2.21. The van der Waals surface area contributed by atoms with Crippen LogP contribution in [0.3, 0.4) is 0 Å². The van der Waals surface area contributed by atoms with Crippen LogP contribution in [0.1, 0.15) is 45.6 Å². The van der Waals surface area contributed by atoms with E-state index in [0.717, 1.165) is 5.56 Å². The molecule has 0 aromatic heterocycles. The molecule has 0 aliphatic carbocycles. The summed E-state index contributed by atoms with van der Waals surface area (Å²) in [6, 6.07) is 9.81. The van der Waals surface area contributed by atoms with Gasteiger partial charge in [0.1, 0.15) is 11.8 Å². The Morgan fingerprint density at radius 3 is 2.42 bits per heavy atom. The van der Waals surface area contributed by atoms with Crippen molar-refractivity contribution < 1.29 is 13.9 Å². The molecule has 0 spiro atoms. The number of hydrogen-bond donors (Lipinski definition) is 0. The summed E-state index contributed by atoms with van der Waals surface area (Å²) in [7, 11) is 0. The van der Waals surface area contributed by atoms with Crippen molar-refractivity contribution in [3.63, 3.8) is 0 Å². The highest BCUT2D eigenvalue weighted by atomic mass is 19.1. The first-order chi connectivity index (χ1) is 8.87. The summed E-state index contributed by atoms with van der Waals surface area (Å²) in [6.45, 7) is 5.44. The van der Waals surface area contributed by atoms with Crippen LogP contribution in [0.4, 0.5) is 4.39 Å². The minimum absolute atomic E-state index is 0.146. The number of carbonyl (C=O) groups excluding carboxylic acids is 1. The van der Waals surface area contributed by atoms with Gasteiger partial charge in [-0.2, -0.15) is 0 Å². The largest absolute Gasteiger partial charge is 0.460 e. The van der Waals surface area contributed by atoms with Gasteiger partial charge in [-0.15, -0.1) is 0 Å². The van der Waals surface area contributed by atoms with Crippen LogP contribution < -0.4 is 0 Å². The fourth-order valence-electron chi connectivity index (χ4n) is 1.78. The molecule has 0 unspecified atom stereocenters. The van der Waals surface area contributed by atoms with Gasteiger partial charge in [0.25, 0.3) is 0 Å². The summed E-state index contributed by atoms with van der Waals surface area (Å²) in [4.78, 5) is 11.4. The SMILES string of the molecule is CC(C)(C)OC(=O)CC[C@H](F)CCc1ccccc1. The van der Waals surface area contributed by atoms with E-state index in [9.17, 15) is 9.18 Å². The van der Waals surface area contributed by atoms with E-state index in [1.165, 1.54) is 0 Å². The van der Waals surface area contributed by atoms with Gasteiger partial charge in [0.2, 0.25) is 0 Å². The van der Waals surface area contributed by atoms with Gasteiger partial charge in [0.05, 0.1) is 0 Å². The number of benzene rings is 1. The molecule has 0 heterocycles. The molecule has 3 heteroatoms. The average molecular weight is 266 g/mol. The second-order valence-corrected chi connectivity index (χ2v) is 5.75. The quantitative estimate of drug-likeness (QED) is 0.725. The third kappa shape index (κ3) is 7.60. The molecule has 0 aliphatic heterocycles. The Morgan fingerprint density at radius 1 is 1.21 bits per heavy atom. The second-order valence-electron chi connectivity index (χ2n) is 5.75. The van der Waals surface area contributed by atoms with Gasteiger partial charge < -0.3 is 4.74 Å². The molecule has 0 N–H and O–H groups in total. The summed E-state index contributed by atoms with van der Waals surface area (Å²) < 4.78 is 18.8. The summed E-state index contributed by atoms with van der Waals surface area (Å²) in [6.07, 6.45) is 0.589. The van der Waals surface area contributed by atoms with Gasteiger partial charge in [0, 0.05) is 6.42 Å². The van der Waals surface area contributed by atoms with E-state index in [1.807, 2.05) is 51.1 Å². The van der Waals surface area contributed by atoms with Crippen molar-refractivity contribution in [3.05, 3.63) is 35.9 Å². The standard InChI is InChI=1S/C16H23FO2/c1-16(2,3)19-15(18)12-11-14(17)10-9-13-7-5-4-6-8-13/h4-8,14H,9-12H2,1-3H3/t14-/m1/s1. The average Bonchev–Trinajstić information content (AvgIpc) is 2.33. The third-order valence-electron chi connectivity index (χ3n) is 2.67. The van der Waals surface area contributed by atoms with Crippen molar-refractivity contribution in [3.8, 4) is 0 Å². The van der Waals surface area contributed by atoms with Crippen molar-refractivity contribution in [2.75, 3.05) is 0 Å². The van der Waals surface area contributed by atoms with Gasteiger partial charge in [-0.1, -0.05) is 30.3 Å². The molecule has 1 atom stereocenters. The van der Waals surface area contributed by atoms with Gasteiger partial charge in [-0.25, -0.2) is 4.39 Å².